The molecule has 3 heteroatoms. The van der Waals surface area contributed by atoms with Gasteiger partial charge in [-0.3, -0.25) is 4.90 Å². The molecule has 0 aromatic heterocycles. The standard InChI is InChI=1S/C15H30N2O/c1-12(2)17-8-9-18-15(11-17)14(16)10-13-6-4-3-5-7-13/h12-15H,3-11,16H2,1-2H3. The smallest absolute Gasteiger partial charge is 0.0853 e. The first-order valence-electron chi connectivity index (χ1n) is 7.78. The van der Waals surface area contributed by atoms with Crippen LogP contribution in [-0.2, 0) is 4.74 Å². The molecule has 2 unspecified atom stereocenters. The van der Waals surface area contributed by atoms with Crippen molar-refractivity contribution in [3.63, 3.8) is 0 Å². The number of hydrogen-bond acceptors (Lipinski definition) is 3. The predicted octanol–water partition coefficient (Wildman–Crippen LogP) is 2.39. The Balaban J connectivity index is 1.78. The number of nitrogens with zero attached hydrogens (tertiary/aromatic N) is 1. The second-order valence-corrected chi connectivity index (χ2v) is 6.40. The average molecular weight is 254 g/mol. The number of rotatable bonds is 4. The summed E-state index contributed by atoms with van der Waals surface area (Å²) in [5.41, 5.74) is 6.39. The Morgan fingerprint density at radius 2 is 1.94 bits per heavy atom. The van der Waals surface area contributed by atoms with E-state index in [4.69, 9.17) is 10.5 Å². The third-order valence-corrected chi connectivity index (χ3v) is 4.66. The van der Waals surface area contributed by atoms with Gasteiger partial charge in [-0.1, -0.05) is 32.1 Å². The number of ether oxygens (including phenoxy) is 1. The maximum absolute atomic E-state index is 6.39. The summed E-state index contributed by atoms with van der Waals surface area (Å²) >= 11 is 0. The normalized spacial score (nSPS) is 29.7. The van der Waals surface area contributed by atoms with E-state index < -0.39 is 0 Å². The second kappa shape index (κ2) is 6.88. The lowest BCUT2D eigenvalue weighted by atomic mass is 9.84. The molecule has 2 fully saturated rings. The summed E-state index contributed by atoms with van der Waals surface area (Å²) < 4.78 is 5.90. The van der Waals surface area contributed by atoms with Crippen molar-refractivity contribution in [3.05, 3.63) is 0 Å². The molecule has 0 amide bonds. The third-order valence-electron chi connectivity index (χ3n) is 4.66. The highest BCUT2D eigenvalue weighted by molar-refractivity contribution is 4.84. The lowest BCUT2D eigenvalue weighted by molar-refractivity contribution is -0.0531. The number of hydrogen-bond donors (Lipinski definition) is 1. The maximum atomic E-state index is 6.39. The van der Waals surface area contributed by atoms with Crippen LogP contribution in [0, 0.1) is 5.92 Å². The Labute approximate surface area is 112 Å². The first-order valence-corrected chi connectivity index (χ1v) is 7.78. The summed E-state index contributed by atoms with van der Waals surface area (Å²) in [6.45, 7) is 7.45. The summed E-state index contributed by atoms with van der Waals surface area (Å²) in [5, 5.41) is 0. The molecule has 1 aliphatic carbocycles. The van der Waals surface area contributed by atoms with E-state index in [1.807, 2.05) is 0 Å². The predicted molar refractivity (Wildman–Crippen MR) is 75.6 cm³/mol. The van der Waals surface area contributed by atoms with Crippen molar-refractivity contribution in [2.45, 2.75) is 70.6 Å². The molecular weight excluding hydrogens is 224 g/mol. The van der Waals surface area contributed by atoms with Gasteiger partial charge < -0.3 is 10.5 Å². The molecule has 0 aromatic carbocycles. The Kier molecular flexibility index (Phi) is 5.46. The summed E-state index contributed by atoms with van der Waals surface area (Å²) in [7, 11) is 0. The van der Waals surface area contributed by atoms with Gasteiger partial charge in [-0.15, -0.1) is 0 Å². The van der Waals surface area contributed by atoms with Crippen LogP contribution in [0.4, 0.5) is 0 Å². The minimum Gasteiger partial charge on any atom is -0.374 e. The Morgan fingerprint density at radius 1 is 1.22 bits per heavy atom. The highest BCUT2D eigenvalue weighted by Gasteiger charge is 2.29. The molecular formula is C15H30N2O. The molecule has 18 heavy (non-hydrogen) atoms. The van der Waals surface area contributed by atoms with Gasteiger partial charge in [-0.2, -0.15) is 0 Å². The van der Waals surface area contributed by atoms with E-state index in [0.717, 1.165) is 32.0 Å². The molecule has 3 nitrogen and oxygen atoms in total. The molecule has 2 atom stereocenters. The van der Waals surface area contributed by atoms with Crippen molar-refractivity contribution in [1.82, 2.24) is 4.90 Å². The second-order valence-electron chi connectivity index (χ2n) is 6.40. The van der Waals surface area contributed by atoms with Gasteiger partial charge in [0.25, 0.3) is 0 Å². The zero-order valence-electron chi connectivity index (χ0n) is 12.1. The van der Waals surface area contributed by atoms with E-state index >= 15 is 0 Å². The van der Waals surface area contributed by atoms with E-state index in [2.05, 4.69) is 18.7 Å². The van der Waals surface area contributed by atoms with Crippen LogP contribution in [0.5, 0.6) is 0 Å². The monoisotopic (exact) mass is 254 g/mol. The molecule has 1 saturated carbocycles. The van der Waals surface area contributed by atoms with Crippen LogP contribution in [-0.4, -0.2) is 42.8 Å². The highest BCUT2D eigenvalue weighted by atomic mass is 16.5. The molecule has 2 N–H and O–H groups in total. The fraction of sp³-hybridized carbons (Fsp3) is 1.00. The Bertz CT molecular complexity index is 239. The van der Waals surface area contributed by atoms with E-state index in [-0.39, 0.29) is 12.1 Å². The van der Waals surface area contributed by atoms with Crippen molar-refractivity contribution in [2.75, 3.05) is 19.7 Å². The van der Waals surface area contributed by atoms with Crippen molar-refractivity contribution in [3.8, 4) is 0 Å². The van der Waals surface area contributed by atoms with Crippen LogP contribution >= 0.6 is 0 Å². The first-order chi connectivity index (χ1) is 8.66. The molecule has 106 valence electrons. The van der Waals surface area contributed by atoms with Crippen LogP contribution in [0.1, 0.15) is 52.4 Å². The summed E-state index contributed by atoms with van der Waals surface area (Å²) in [5.74, 6) is 0.853. The van der Waals surface area contributed by atoms with Crippen molar-refractivity contribution < 1.29 is 4.74 Å². The molecule has 1 heterocycles. The van der Waals surface area contributed by atoms with Crippen LogP contribution < -0.4 is 5.73 Å². The van der Waals surface area contributed by atoms with Crippen molar-refractivity contribution in [1.29, 1.82) is 0 Å². The van der Waals surface area contributed by atoms with Gasteiger partial charge in [-0.25, -0.2) is 0 Å². The summed E-state index contributed by atoms with van der Waals surface area (Å²) in [6.07, 6.45) is 8.41. The van der Waals surface area contributed by atoms with Gasteiger partial charge >= 0.3 is 0 Å². The van der Waals surface area contributed by atoms with Gasteiger partial charge in [0.1, 0.15) is 0 Å². The highest BCUT2D eigenvalue weighted by Crippen LogP contribution is 2.28. The number of morpholine rings is 1. The fourth-order valence-electron chi connectivity index (χ4n) is 3.38. The minimum atomic E-state index is 0.231. The largest absolute Gasteiger partial charge is 0.374 e. The van der Waals surface area contributed by atoms with Crippen LogP contribution in [0.3, 0.4) is 0 Å². The van der Waals surface area contributed by atoms with Gasteiger partial charge in [-0.05, 0) is 26.2 Å². The van der Waals surface area contributed by atoms with E-state index in [1.165, 1.54) is 32.1 Å². The third kappa shape index (κ3) is 3.94. The first kappa shape index (κ1) is 14.3. The van der Waals surface area contributed by atoms with Crippen molar-refractivity contribution >= 4 is 0 Å². The SMILES string of the molecule is CC(C)N1CCOC(C(N)CC2CCCCC2)C1. The van der Waals surface area contributed by atoms with Gasteiger partial charge in [0.05, 0.1) is 12.7 Å². The molecule has 1 aliphatic heterocycles. The molecule has 2 aliphatic rings. The molecule has 0 spiro atoms. The fourth-order valence-corrected chi connectivity index (χ4v) is 3.38. The van der Waals surface area contributed by atoms with Gasteiger partial charge in [0, 0.05) is 25.2 Å². The lowest BCUT2D eigenvalue weighted by Crippen LogP contribution is -2.52. The van der Waals surface area contributed by atoms with Gasteiger partial charge in [0.2, 0.25) is 0 Å². The number of nitrogens with two attached hydrogens (primary N) is 1. The molecule has 0 bridgehead atoms. The molecule has 0 aromatic rings. The molecule has 2 rings (SSSR count). The Morgan fingerprint density at radius 3 is 2.61 bits per heavy atom. The average Bonchev–Trinajstić information content (AvgIpc) is 2.40. The van der Waals surface area contributed by atoms with Crippen LogP contribution in [0.2, 0.25) is 0 Å². The topological polar surface area (TPSA) is 38.5 Å². The zero-order chi connectivity index (χ0) is 13.0. The van der Waals surface area contributed by atoms with Crippen LogP contribution in [0.15, 0.2) is 0 Å². The van der Waals surface area contributed by atoms with Gasteiger partial charge in [0.15, 0.2) is 0 Å². The van der Waals surface area contributed by atoms with E-state index in [9.17, 15) is 0 Å². The molecule has 1 saturated heterocycles. The van der Waals surface area contributed by atoms with E-state index in [0.29, 0.717) is 6.04 Å². The lowest BCUT2D eigenvalue weighted by Gasteiger charge is -2.39. The molecule has 0 radical (unpaired) electrons. The van der Waals surface area contributed by atoms with E-state index in [1.54, 1.807) is 0 Å². The zero-order valence-corrected chi connectivity index (χ0v) is 12.1. The Hall–Kier alpha value is -0.120. The van der Waals surface area contributed by atoms with Crippen molar-refractivity contribution in [2.24, 2.45) is 11.7 Å². The van der Waals surface area contributed by atoms with Crippen LogP contribution in [0.25, 0.3) is 0 Å². The minimum absolute atomic E-state index is 0.231. The quantitative estimate of drug-likeness (QED) is 0.837. The summed E-state index contributed by atoms with van der Waals surface area (Å²) in [6, 6.07) is 0.841. The summed E-state index contributed by atoms with van der Waals surface area (Å²) in [4.78, 5) is 2.49. The maximum Gasteiger partial charge on any atom is 0.0853 e.